The zero-order valence-corrected chi connectivity index (χ0v) is 14.1. The number of aliphatic carboxylic acids is 1. The maximum atomic E-state index is 12.8. The number of carbonyl (C=O) groups excluding carboxylic acids is 1. The van der Waals surface area contributed by atoms with Crippen molar-refractivity contribution in [3.8, 4) is 5.75 Å². The minimum atomic E-state index is -1.07. The molecule has 0 radical (unpaired) electrons. The van der Waals surface area contributed by atoms with E-state index >= 15 is 0 Å². The first-order chi connectivity index (χ1) is 12.0. The van der Waals surface area contributed by atoms with E-state index in [1.165, 1.54) is 17.4 Å². The number of carbonyl (C=O) groups is 2. The molecule has 3 rings (SSSR count). The van der Waals surface area contributed by atoms with Crippen LogP contribution in [-0.2, 0) is 16.0 Å². The third-order valence-electron chi connectivity index (χ3n) is 4.20. The molecule has 1 aliphatic rings. The number of amides is 1. The molecule has 1 aliphatic heterocycles. The van der Waals surface area contributed by atoms with Crippen molar-refractivity contribution >= 4 is 23.6 Å². The molecule has 1 heterocycles. The van der Waals surface area contributed by atoms with Gasteiger partial charge in [0.2, 0.25) is 0 Å². The molecule has 1 N–H and O–H groups in total. The summed E-state index contributed by atoms with van der Waals surface area (Å²) >= 11 is 0. The maximum Gasteiger partial charge on any atom is 0.326 e. The minimum Gasteiger partial charge on any atom is -0.480 e. The van der Waals surface area contributed by atoms with Crippen LogP contribution in [0.15, 0.2) is 54.3 Å². The Labute approximate surface area is 146 Å². The summed E-state index contributed by atoms with van der Waals surface area (Å²) in [6, 6.07) is 13.7. The van der Waals surface area contributed by atoms with E-state index in [0.717, 1.165) is 12.0 Å². The molecular weight excluding hydrogens is 318 g/mol. The van der Waals surface area contributed by atoms with Crippen LogP contribution in [0.3, 0.4) is 0 Å². The molecule has 2 aromatic carbocycles. The summed E-state index contributed by atoms with van der Waals surface area (Å²) in [5.74, 6) is -0.965. The molecule has 1 atom stereocenters. The molecule has 0 saturated carbocycles. The van der Waals surface area contributed by atoms with Gasteiger partial charge in [-0.05, 0) is 42.7 Å². The monoisotopic (exact) mass is 337 g/mol. The van der Waals surface area contributed by atoms with Gasteiger partial charge in [0, 0.05) is 0 Å². The van der Waals surface area contributed by atoms with Gasteiger partial charge in [0.1, 0.15) is 6.04 Å². The number of fused-ring (bicyclic) bond motifs is 1. The second-order valence-corrected chi connectivity index (χ2v) is 5.86. The normalized spacial score (nSPS) is 16.3. The molecule has 1 amide bonds. The molecule has 2 aromatic rings. The van der Waals surface area contributed by atoms with Crippen LogP contribution in [0.1, 0.15) is 25.0 Å². The number of benzene rings is 2. The van der Waals surface area contributed by atoms with Crippen LogP contribution < -0.4 is 9.64 Å². The number of carboxylic acids is 1. The van der Waals surface area contributed by atoms with Gasteiger partial charge in [0.15, 0.2) is 11.5 Å². The van der Waals surface area contributed by atoms with E-state index in [4.69, 9.17) is 4.74 Å². The van der Waals surface area contributed by atoms with E-state index in [1.54, 1.807) is 30.3 Å². The second-order valence-electron chi connectivity index (χ2n) is 5.86. The fourth-order valence-corrected chi connectivity index (χ4v) is 2.72. The summed E-state index contributed by atoms with van der Waals surface area (Å²) in [4.78, 5) is 25.5. The van der Waals surface area contributed by atoms with E-state index in [2.05, 4.69) is 6.92 Å². The summed E-state index contributed by atoms with van der Waals surface area (Å²) in [6.07, 6.45) is 2.57. The van der Waals surface area contributed by atoms with Gasteiger partial charge in [-0.1, -0.05) is 43.3 Å². The SMILES string of the molecule is CCc1ccc(/C=C2/Oc3ccccc3N(C(C)C(=O)O)C2=O)cc1. The number of hydrogen-bond donors (Lipinski definition) is 1. The number of ether oxygens (including phenoxy) is 1. The van der Waals surface area contributed by atoms with Crippen molar-refractivity contribution < 1.29 is 19.4 Å². The molecule has 0 bridgehead atoms. The first-order valence-corrected chi connectivity index (χ1v) is 8.15. The summed E-state index contributed by atoms with van der Waals surface area (Å²) in [7, 11) is 0. The Balaban J connectivity index is 2.03. The lowest BCUT2D eigenvalue weighted by Gasteiger charge is -2.32. The predicted octanol–water partition coefficient (Wildman–Crippen LogP) is 3.49. The summed E-state index contributed by atoms with van der Waals surface area (Å²) < 4.78 is 5.74. The third kappa shape index (κ3) is 3.26. The second kappa shape index (κ2) is 6.81. The lowest BCUT2D eigenvalue weighted by molar-refractivity contribution is -0.139. The van der Waals surface area contributed by atoms with Crippen molar-refractivity contribution in [3.05, 3.63) is 65.4 Å². The van der Waals surface area contributed by atoms with Crippen molar-refractivity contribution in [1.29, 1.82) is 0 Å². The predicted molar refractivity (Wildman–Crippen MR) is 95.5 cm³/mol. The average molecular weight is 337 g/mol. The Kier molecular flexibility index (Phi) is 4.57. The molecule has 0 saturated heterocycles. The summed E-state index contributed by atoms with van der Waals surface area (Å²) in [5, 5.41) is 9.36. The van der Waals surface area contributed by atoms with Gasteiger partial charge >= 0.3 is 5.97 Å². The van der Waals surface area contributed by atoms with E-state index in [0.29, 0.717) is 11.4 Å². The fourth-order valence-electron chi connectivity index (χ4n) is 2.72. The Bertz CT molecular complexity index is 839. The van der Waals surface area contributed by atoms with Crippen LogP contribution in [0.25, 0.3) is 6.08 Å². The zero-order valence-electron chi connectivity index (χ0n) is 14.1. The summed E-state index contributed by atoms with van der Waals surface area (Å²) in [5.41, 5.74) is 2.48. The topological polar surface area (TPSA) is 66.8 Å². The highest BCUT2D eigenvalue weighted by molar-refractivity contribution is 6.12. The van der Waals surface area contributed by atoms with Gasteiger partial charge in [0.05, 0.1) is 5.69 Å². The number of hydrogen-bond acceptors (Lipinski definition) is 3. The van der Waals surface area contributed by atoms with Crippen LogP contribution in [-0.4, -0.2) is 23.0 Å². The van der Waals surface area contributed by atoms with Gasteiger partial charge in [0.25, 0.3) is 5.91 Å². The number of anilines is 1. The van der Waals surface area contributed by atoms with E-state index < -0.39 is 17.9 Å². The van der Waals surface area contributed by atoms with Gasteiger partial charge < -0.3 is 9.84 Å². The molecule has 0 aliphatic carbocycles. The van der Waals surface area contributed by atoms with Gasteiger partial charge in [-0.3, -0.25) is 9.69 Å². The van der Waals surface area contributed by atoms with Crippen molar-refractivity contribution in [3.63, 3.8) is 0 Å². The lowest BCUT2D eigenvalue weighted by atomic mass is 10.1. The van der Waals surface area contributed by atoms with Crippen molar-refractivity contribution in [2.45, 2.75) is 26.3 Å². The van der Waals surface area contributed by atoms with Crippen LogP contribution >= 0.6 is 0 Å². The third-order valence-corrected chi connectivity index (χ3v) is 4.20. The van der Waals surface area contributed by atoms with E-state index in [-0.39, 0.29) is 5.76 Å². The maximum absolute atomic E-state index is 12.8. The molecule has 128 valence electrons. The number of carboxylic acid groups (broad SMARTS) is 1. The molecule has 1 unspecified atom stereocenters. The van der Waals surface area contributed by atoms with Gasteiger partial charge in [-0.25, -0.2) is 4.79 Å². The van der Waals surface area contributed by atoms with E-state index in [1.807, 2.05) is 24.3 Å². The largest absolute Gasteiger partial charge is 0.480 e. The molecular formula is C20H19NO4. The Morgan fingerprint density at radius 2 is 1.88 bits per heavy atom. The first kappa shape index (κ1) is 16.8. The van der Waals surface area contributed by atoms with Gasteiger partial charge in [-0.15, -0.1) is 0 Å². The standard InChI is InChI=1S/C20H19NO4/c1-3-14-8-10-15(11-9-14)12-18-19(22)21(13(2)20(23)24)16-6-4-5-7-17(16)25-18/h4-13H,3H2,1-2H3,(H,23,24)/b18-12+. The Morgan fingerprint density at radius 3 is 2.52 bits per heavy atom. The molecule has 0 aromatic heterocycles. The lowest BCUT2D eigenvalue weighted by Crippen LogP contribution is -2.47. The molecule has 5 nitrogen and oxygen atoms in total. The highest BCUT2D eigenvalue weighted by Crippen LogP contribution is 2.36. The smallest absolute Gasteiger partial charge is 0.326 e. The zero-order chi connectivity index (χ0) is 18.0. The van der Waals surface area contributed by atoms with Crippen molar-refractivity contribution in [1.82, 2.24) is 0 Å². The molecule has 5 heteroatoms. The molecule has 0 spiro atoms. The van der Waals surface area contributed by atoms with Crippen LogP contribution in [0.5, 0.6) is 5.75 Å². The van der Waals surface area contributed by atoms with Gasteiger partial charge in [-0.2, -0.15) is 0 Å². The number of rotatable bonds is 4. The number of para-hydroxylation sites is 2. The number of aryl methyl sites for hydroxylation is 1. The summed E-state index contributed by atoms with van der Waals surface area (Å²) in [6.45, 7) is 3.55. The molecule has 25 heavy (non-hydrogen) atoms. The number of nitrogens with zero attached hydrogens (tertiary/aromatic N) is 1. The Hall–Kier alpha value is -3.08. The quantitative estimate of drug-likeness (QED) is 0.867. The first-order valence-electron chi connectivity index (χ1n) is 8.15. The molecule has 0 fully saturated rings. The van der Waals surface area contributed by atoms with E-state index in [9.17, 15) is 14.7 Å². The fraction of sp³-hybridized carbons (Fsp3) is 0.200. The Morgan fingerprint density at radius 1 is 1.20 bits per heavy atom. The minimum absolute atomic E-state index is 0.107. The highest BCUT2D eigenvalue weighted by atomic mass is 16.5. The highest BCUT2D eigenvalue weighted by Gasteiger charge is 2.36. The van der Waals surface area contributed by atoms with Crippen LogP contribution in [0.2, 0.25) is 0 Å². The van der Waals surface area contributed by atoms with Crippen molar-refractivity contribution in [2.75, 3.05) is 4.90 Å². The van der Waals surface area contributed by atoms with Crippen LogP contribution in [0.4, 0.5) is 5.69 Å². The average Bonchev–Trinajstić information content (AvgIpc) is 2.62. The van der Waals surface area contributed by atoms with Crippen LogP contribution in [0, 0.1) is 0 Å². The van der Waals surface area contributed by atoms with Crippen molar-refractivity contribution in [2.24, 2.45) is 0 Å².